The number of pyridine rings is 1. The maximum Gasteiger partial charge on any atom is 0.254 e. The van der Waals surface area contributed by atoms with E-state index < -0.39 is 15.1 Å². The molecular weight excluding hydrogens is 440 g/mol. The molecule has 8 heteroatoms. The largest absolute Gasteiger partial charge is 0.348 e. The fourth-order valence-electron chi connectivity index (χ4n) is 2.73. The zero-order chi connectivity index (χ0) is 21.6. The van der Waals surface area contributed by atoms with Crippen LogP contribution in [0.15, 0.2) is 82.8 Å². The molecule has 1 atom stereocenters. The molecule has 0 saturated heterocycles. The normalized spacial score (nSPS) is 12.3. The van der Waals surface area contributed by atoms with Crippen molar-refractivity contribution < 1.29 is 13.2 Å². The summed E-state index contributed by atoms with van der Waals surface area (Å²) in [6, 6.07) is 19.0. The quantitative estimate of drug-likeness (QED) is 0.496. The molecule has 1 aromatic heterocycles. The van der Waals surface area contributed by atoms with Gasteiger partial charge in [-0.2, -0.15) is 0 Å². The van der Waals surface area contributed by atoms with Gasteiger partial charge in [-0.1, -0.05) is 41.9 Å². The van der Waals surface area contributed by atoms with Crippen molar-refractivity contribution in [2.75, 3.05) is 5.75 Å². The van der Waals surface area contributed by atoms with Gasteiger partial charge in [0.05, 0.1) is 15.7 Å². The van der Waals surface area contributed by atoms with Gasteiger partial charge in [-0.25, -0.2) is 13.4 Å². The first-order valence-corrected chi connectivity index (χ1v) is 12.2. The SMILES string of the molecule is CC(CSc1ncccc1C(=O)NCc1cccc(Cl)c1)S(=O)(=O)c1ccccc1. The molecule has 0 saturated carbocycles. The molecule has 0 aliphatic rings. The van der Waals surface area contributed by atoms with Crippen LogP contribution in [0.2, 0.25) is 5.02 Å². The highest BCUT2D eigenvalue weighted by Crippen LogP contribution is 2.25. The van der Waals surface area contributed by atoms with E-state index in [0.717, 1.165) is 5.56 Å². The van der Waals surface area contributed by atoms with E-state index in [2.05, 4.69) is 10.3 Å². The molecule has 3 aromatic rings. The van der Waals surface area contributed by atoms with Crippen LogP contribution in [0.5, 0.6) is 0 Å². The summed E-state index contributed by atoms with van der Waals surface area (Å²) in [4.78, 5) is 17.2. The van der Waals surface area contributed by atoms with Crippen LogP contribution in [0.4, 0.5) is 0 Å². The van der Waals surface area contributed by atoms with Crippen molar-refractivity contribution >= 4 is 39.1 Å². The number of carbonyl (C=O) groups is 1. The number of rotatable bonds is 8. The van der Waals surface area contributed by atoms with Gasteiger partial charge in [0.15, 0.2) is 9.84 Å². The molecule has 0 aliphatic heterocycles. The fraction of sp³-hybridized carbons (Fsp3) is 0.182. The van der Waals surface area contributed by atoms with E-state index in [9.17, 15) is 13.2 Å². The van der Waals surface area contributed by atoms with Crippen LogP contribution in [0.1, 0.15) is 22.8 Å². The van der Waals surface area contributed by atoms with Gasteiger partial charge in [-0.15, -0.1) is 11.8 Å². The Morgan fingerprint density at radius 2 is 1.87 bits per heavy atom. The number of nitrogens with zero attached hydrogens (tertiary/aromatic N) is 1. The zero-order valence-electron chi connectivity index (χ0n) is 16.3. The van der Waals surface area contributed by atoms with E-state index in [-0.39, 0.29) is 11.7 Å². The summed E-state index contributed by atoms with van der Waals surface area (Å²) >= 11 is 7.24. The Bertz CT molecular complexity index is 1120. The Kier molecular flexibility index (Phi) is 7.53. The van der Waals surface area contributed by atoms with E-state index in [1.54, 1.807) is 67.7 Å². The lowest BCUT2D eigenvalue weighted by Crippen LogP contribution is -2.24. The number of hydrogen-bond donors (Lipinski definition) is 1. The Labute approximate surface area is 185 Å². The number of halogens is 1. The molecule has 0 aliphatic carbocycles. The monoisotopic (exact) mass is 460 g/mol. The van der Waals surface area contributed by atoms with Gasteiger partial charge < -0.3 is 5.32 Å². The van der Waals surface area contributed by atoms with Crippen molar-refractivity contribution in [3.8, 4) is 0 Å². The first-order chi connectivity index (χ1) is 14.4. The highest BCUT2D eigenvalue weighted by atomic mass is 35.5. The van der Waals surface area contributed by atoms with Crippen LogP contribution in [0, 0.1) is 0 Å². The van der Waals surface area contributed by atoms with Crippen LogP contribution in [0.25, 0.3) is 0 Å². The van der Waals surface area contributed by atoms with Crippen molar-refractivity contribution in [2.24, 2.45) is 0 Å². The van der Waals surface area contributed by atoms with Crippen LogP contribution < -0.4 is 5.32 Å². The molecule has 0 bridgehead atoms. The number of carbonyl (C=O) groups excluding carboxylic acids is 1. The van der Waals surface area contributed by atoms with Gasteiger partial charge >= 0.3 is 0 Å². The van der Waals surface area contributed by atoms with Crippen LogP contribution in [-0.4, -0.2) is 30.3 Å². The third kappa shape index (κ3) is 5.62. The maximum atomic E-state index is 12.7. The van der Waals surface area contributed by atoms with Crippen molar-refractivity contribution in [3.05, 3.63) is 89.1 Å². The Balaban J connectivity index is 1.67. The lowest BCUT2D eigenvalue weighted by molar-refractivity contribution is 0.0947. The van der Waals surface area contributed by atoms with E-state index in [0.29, 0.717) is 27.1 Å². The van der Waals surface area contributed by atoms with E-state index in [4.69, 9.17) is 11.6 Å². The molecule has 1 amide bonds. The Morgan fingerprint density at radius 1 is 1.10 bits per heavy atom. The molecule has 3 rings (SSSR count). The molecule has 0 fully saturated rings. The number of amides is 1. The second kappa shape index (κ2) is 10.1. The van der Waals surface area contributed by atoms with Gasteiger partial charge in [0.2, 0.25) is 0 Å². The second-order valence-electron chi connectivity index (χ2n) is 6.65. The minimum Gasteiger partial charge on any atom is -0.348 e. The van der Waals surface area contributed by atoms with Gasteiger partial charge in [0, 0.05) is 23.5 Å². The first-order valence-electron chi connectivity index (χ1n) is 9.27. The minimum absolute atomic E-state index is 0.274. The summed E-state index contributed by atoms with van der Waals surface area (Å²) in [6.07, 6.45) is 1.59. The van der Waals surface area contributed by atoms with Gasteiger partial charge in [-0.3, -0.25) is 4.79 Å². The molecule has 156 valence electrons. The second-order valence-corrected chi connectivity index (χ2v) is 10.5. The topological polar surface area (TPSA) is 76.1 Å². The summed E-state index contributed by atoms with van der Waals surface area (Å²) in [5, 5.41) is 3.33. The smallest absolute Gasteiger partial charge is 0.254 e. The fourth-order valence-corrected chi connectivity index (χ4v) is 5.71. The highest BCUT2D eigenvalue weighted by Gasteiger charge is 2.24. The maximum absolute atomic E-state index is 12.7. The Hall–Kier alpha value is -2.35. The Morgan fingerprint density at radius 3 is 2.60 bits per heavy atom. The molecule has 1 N–H and O–H groups in total. The highest BCUT2D eigenvalue weighted by molar-refractivity contribution is 8.00. The third-order valence-corrected chi connectivity index (χ3v) is 8.28. The van der Waals surface area contributed by atoms with Crippen molar-refractivity contribution in [2.45, 2.75) is 28.6 Å². The summed E-state index contributed by atoms with van der Waals surface area (Å²) in [7, 11) is -3.45. The predicted molar refractivity (Wildman–Crippen MR) is 121 cm³/mol. The van der Waals surface area contributed by atoms with E-state index in [1.807, 2.05) is 12.1 Å². The molecule has 5 nitrogen and oxygen atoms in total. The van der Waals surface area contributed by atoms with Crippen molar-refractivity contribution in [1.82, 2.24) is 10.3 Å². The molecule has 1 heterocycles. The van der Waals surface area contributed by atoms with Crippen molar-refractivity contribution in [3.63, 3.8) is 0 Å². The molecule has 2 aromatic carbocycles. The number of hydrogen-bond acceptors (Lipinski definition) is 5. The molecule has 1 unspecified atom stereocenters. The van der Waals surface area contributed by atoms with E-state index >= 15 is 0 Å². The summed E-state index contributed by atoms with van der Waals surface area (Å²) in [5.41, 5.74) is 1.30. The van der Waals surface area contributed by atoms with Crippen LogP contribution in [0.3, 0.4) is 0 Å². The summed E-state index contributed by atoms with van der Waals surface area (Å²) < 4.78 is 25.5. The summed E-state index contributed by atoms with van der Waals surface area (Å²) in [5.74, 6) is 0.00663. The molecule has 30 heavy (non-hydrogen) atoms. The number of nitrogens with one attached hydrogen (secondary N) is 1. The third-order valence-electron chi connectivity index (χ3n) is 4.41. The number of aromatic nitrogens is 1. The average molecular weight is 461 g/mol. The number of benzene rings is 2. The zero-order valence-corrected chi connectivity index (χ0v) is 18.7. The summed E-state index contributed by atoms with van der Waals surface area (Å²) in [6.45, 7) is 1.99. The predicted octanol–water partition coefficient (Wildman–Crippen LogP) is 4.62. The lowest BCUT2D eigenvalue weighted by Gasteiger charge is -2.14. The average Bonchev–Trinajstić information content (AvgIpc) is 2.76. The van der Waals surface area contributed by atoms with Gasteiger partial charge in [0.1, 0.15) is 5.03 Å². The number of thioether (sulfide) groups is 1. The number of sulfone groups is 1. The van der Waals surface area contributed by atoms with Gasteiger partial charge in [0.25, 0.3) is 5.91 Å². The molecule has 0 radical (unpaired) electrons. The molecular formula is C22H21ClN2O3S2. The van der Waals surface area contributed by atoms with Gasteiger partial charge in [-0.05, 0) is 48.9 Å². The molecule has 0 spiro atoms. The standard InChI is InChI=1S/C22H21ClN2O3S2/c1-16(30(27,28)19-9-3-2-4-10-19)15-29-22-20(11-6-12-24-22)21(26)25-14-17-7-5-8-18(23)13-17/h2-13,16H,14-15H2,1H3,(H,25,26). The van der Waals surface area contributed by atoms with Crippen LogP contribution >= 0.6 is 23.4 Å². The minimum atomic E-state index is -3.45. The van der Waals surface area contributed by atoms with E-state index in [1.165, 1.54) is 11.8 Å². The van der Waals surface area contributed by atoms with Crippen molar-refractivity contribution in [1.29, 1.82) is 0 Å². The lowest BCUT2D eigenvalue weighted by atomic mass is 10.2. The van der Waals surface area contributed by atoms with Crippen LogP contribution in [-0.2, 0) is 16.4 Å². The first kappa shape index (κ1) is 22.3.